The first-order valence-corrected chi connectivity index (χ1v) is 7.52. The zero-order valence-corrected chi connectivity index (χ0v) is 13.7. The summed E-state index contributed by atoms with van der Waals surface area (Å²) in [5.74, 6) is -1.14. The van der Waals surface area contributed by atoms with Gasteiger partial charge in [0.2, 0.25) is 0 Å². The van der Waals surface area contributed by atoms with Crippen LogP contribution in [0.15, 0.2) is 29.4 Å². The highest BCUT2D eigenvalue weighted by Crippen LogP contribution is 2.16. The predicted octanol–water partition coefficient (Wildman–Crippen LogP) is 1.70. The molecule has 10 nitrogen and oxygen atoms in total. The normalized spacial score (nSPS) is 12.7. The van der Waals surface area contributed by atoms with E-state index in [9.17, 15) is 9.59 Å². The van der Waals surface area contributed by atoms with E-state index in [1.165, 1.54) is 6.07 Å². The van der Waals surface area contributed by atoms with Crippen LogP contribution in [0.1, 0.15) is 23.7 Å². The summed E-state index contributed by atoms with van der Waals surface area (Å²) in [5.41, 5.74) is 14.4. The maximum absolute atomic E-state index is 11.8. The average molecular weight is 352 g/mol. The number of rotatable bonds is 12. The van der Waals surface area contributed by atoms with Crippen LogP contribution < -0.4 is 10.5 Å². The molecule has 1 aromatic carbocycles. The van der Waals surface area contributed by atoms with Gasteiger partial charge in [0.1, 0.15) is 12.4 Å². The highest BCUT2D eigenvalue weighted by Gasteiger charge is 2.23. The van der Waals surface area contributed by atoms with E-state index in [4.69, 9.17) is 30.6 Å². The topological polar surface area (TPSA) is 157 Å². The molecular formula is C15H20N4O6. The molecule has 0 aliphatic carbocycles. The van der Waals surface area contributed by atoms with Gasteiger partial charge >= 0.3 is 5.97 Å². The fourth-order valence-electron chi connectivity index (χ4n) is 1.82. The molecule has 10 heteroatoms. The lowest BCUT2D eigenvalue weighted by Gasteiger charge is -2.19. The van der Waals surface area contributed by atoms with Crippen molar-refractivity contribution < 1.29 is 28.9 Å². The number of benzene rings is 1. The Morgan fingerprint density at radius 2 is 2.20 bits per heavy atom. The number of nitrogens with two attached hydrogens (primary N) is 1. The zero-order chi connectivity index (χ0) is 18.7. The molecule has 136 valence electrons. The average Bonchev–Trinajstić information content (AvgIpc) is 2.59. The first-order valence-electron chi connectivity index (χ1n) is 7.52. The van der Waals surface area contributed by atoms with Gasteiger partial charge in [0.25, 0.3) is 6.29 Å². The number of azide groups is 1. The van der Waals surface area contributed by atoms with Gasteiger partial charge < -0.3 is 25.1 Å². The Morgan fingerprint density at radius 3 is 2.80 bits per heavy atom. The summed E-state index contributed by atoms with van der Waals surface area (Å²) >= 11 is 0. The van der Waals surface area contributed by atoms with Gasteiger partial charge in [-0.25, -0.2) is 4.79 Å². The molecule has 2 atom stereocenters. The van der Waals surface area contributed by atoms with Crippen molar-refractivity contribution in [2.24, 2.45) is 10.8 Å². The fraction of sp³-hybridized carbons (Fsp3) is 0.467. The minimum atomic E-state index is -1.58. The summed E-state index contributed by atoms with van der Waals surface area (Å²) in [6.45, 7) is 1.69. The van der Waals surface area contributed by atoms with Crippen LogP contribution in [0.25, 0.3) is 10.4 Å². The summed E-state index contributed by atoms with van der Waals surface area (Å²) in [7, 11) is 0. The van der Waals surface area contributed by atoms with Crippen molar-refractivity contribution in [3.8, 4) is 5.75 Å². The zero-order valence-electron chi connectivity index (χ0n) is 13.7. The second-order valence-corrected chi connectivity index (χ2v) is 4.72. The fourth-order valence-corrected chi connectivity index (χ4v) is 1.82. The first-order chi connectivity index (χ1) is 12.0. The maximum atomic E-state index is 11.8. The summed E-state index contributed by atoms with van der Waals surface area (Å²) in [6.07, 6.45) is -2.59. The monoisotopic (exact) mass is 352 g/mol. The van der Waals surface area contributed by atoms with E-state index in [1.54, 1.807) is 25.1 Å². The van der Waals surface area contributed by atoms with Crippen LogP contribution >= 0.6 is 0 Å². The SMILES string of the molecule is CCOC(OC(COc1cccc(C(=O)CCN)c1)N=[N+]=[N-])C(=O)O. The number of carboxylic acid groups (broad SMARTS) is 1. The van der Waals surface area contributed by atoms with E-state index in [-0.39, 0.29) is 32.0 Å². The van der Waals surface area contributed by atoms with Crippen LogP contribution in [-0.2, 0) is 14.3 Å². The molecule has 0 heterocycles. The van der Waals surface area contributed by atoms with Crippen LogP contribution in [0.2, 0.25) is 0 Å². The molecule has 0 radical (unpaired) electrons. The molecule has 2 unspecified atom stereocenters. The number of carbonyl (C=O) groups excluding carboxylic acids is 1. The summed E-state index contributed by atoms with van der Waals surface area (Å²) in [6, 6.07) is 6.37. The second-order valence-electron chi connectivity index (χ2n) is 4.72. The summed E-state index contributed by atoms with van der Waals surface area (Å²) in [5, 5.41) is 12.3. The van der Waals surface area contributed by atoms with E-state index in [1.807, 2.05) is 0 Å². The Morgan fingerprint density at radius 1 is 1.44 bits per heavy atom. The van der Waals surface area contributed by atoms with E-state index in [0.717, 1.165) is 0 Å². The van der Waals surface area contributed by atoms with Crippen LogP contribution in [0.4, 0.5) is 0 Å². The third-order valence-corrected chi connectivity index (χ3v) is 2.90. The van der Waals surface area contributed by atoms with Crippen molar-refractivity contribution in [1.29, 1.82) is 0 Å². The lowest BCUT2D eigenvalue weighted by atomic mass is 10.1. The number of ketones is 1. The van der Waals surface area contributed by atoms with Gasteiger partial charge in [0, 0.05) is 23.5 Å². The lowest BCUT2D eigenvalue weighted by Crippen LogP contribution is -2.33. The van der Waals surface area contributed by atoms with E-state index in [2.05, 4.69) is 10.0 Å². The highest BCUT2D eigenvalue weighted by molar-refractivity contribution is 5.96. The Labute approximate surface area is 144 Å². The van der Waals surface area contributed by atoms with Crippen molar-refractivity contribution in [1.82, 2.24) is 0 Å². The third kappa shape index (κ3) is 7.19. The number of carbonyl (C=O) groups is 2. The van der Waals surface area contributed by atoms with Crippen molar-refractivity contribution in [2.45, 2.75) is 25.9 Å². The number of hydrogen-bond acceptors (Lipinski definition) is 7. The first kappa shape index (κ1) is 20.4. The second kappa shape index (κ2) is 11.0. The Hall–Kier alpha value is -2.65. The van der Waals surface area contributed by atoms with Gasteiger partial charge in [-0.3, -0.25) is 4.79 Å². The third-order valence-electron chi connectivity index (χ3n) is 2.90. The molecule has 0 saturated heterocycles. The maximum Gasteiger partial charge on any atom is 0.361 e. The number of ether oxygens (including phenoxy) is 3. The molecule has 0 spiro atoms. The van der Waals surface area contributed by atoms with Crippen molar-refractivity contribution >= 4 is 11.8 Å². The molecule has 3 N–H and O–H groups in total. The van der Waals surface area contributed by atoms with Gasteiger partial charge in [-0.1, -0.05) is 17.2 Å². The standard InChI is InChI=1S/C15H20N4O6/c1-2-23-15(14(21)22)25-13(18-19-17)9-24-11-5-3-4-10(8-11)12(20)6-7-16/h3-5,8,13,15H,2,6-7,9,16H2,1H3,(H,21,22). The van der Waals surface area contributed by atoms with Crippen LogP contribution in [0.3, 0.4) is 0 Å². The van der Waals surface area contributed by atoms with Crippen LogP contribution in [-0.4, -0.2) is 49.1 Å². The molecular weight excluding hydrogens is 332 g/mol. The van der Waals surface area contributed by atoms with Crippen molar-refractivity contribution in [3.05, 3.63) is 40.3 Å². The minimum Gasteiger partial charge on any atom is -0.491 e. The minimum absolute atomic E-state index is 0.103. The molecule has 1 rings (SSSR count). The van der Waals surface area contributed by atoms with Gasteiger partial charge in [0.15, 0.2) is 12.0 Å². The molecule has 0 fully saturated rings. The van der Waals surface area contributed by atoms with Crippen LogP contribution in [0, 0.1) is 0 Å². The van der Waals surface area contributed by atoms with Gasteiger partial charge in [-0.15, -0.1) is 0 Å². The molecule has 0 saturated carbocycles. The Balaban J connectivity index is 2.74. The summed E-state index contributed by atoms with van der Waals surface area (Å²) in [4.78, 5) is 25.4. The molecule has 0 aromatic heterocycles. The predicted molar refractivity (Wildman–Crippen MR) is 87.0 cm³/mol. The largest absolute Gasteiger partial charge is 0.491 e. The van der Waals surface area contributed by atoms with Gasteiger partial charge in [-0.05, 0) is 31.1 Å². The van der Waals surface area contributed by atoms with Crippen molar-refractivity contribution in [3.63, 3.8) is 0 Å². The number of carboxylic acids is 1. The summed E-state index contributed by atoms with van der Waals surface area (Å²) < 4.78 is 15.4. The quantitative estimate of drug-likeness (QED) is 0.190. The van der Waals surface area contributed by atoms with Crippen LogP contribution in [0.5, 0.6) is 5.75 Å². The molecule has 0 bridgehead atoms. The number of aliphatic carboxylic acids is 1. The number of hydrogen-bond donors (Lipinski definition) is 2. The molecule has 0 amide bonds. The van der Waals surface area contributed by atoms with E-state index in [0.29, 0.717) is 11.3 Å². The Kier molecular flexibility index (Phi) is 8.97. The number of nitrogens with zero attached hydrogens (tertiary/aromatic N) is 3. The molecule has 1 aromatic rings. The molecule has 25 heavy (non-hydrogen) atoms. The highest BCUT2D eigenvalue weighted by atomic mass is 16.7. The lowest BCUT2D eigenvalue weighted by molar-refractivity contribution is -0.202. The van der Waals surface area contributed by atoms with E-state index >= 15 is 0 Å². The molecule has 0 aliphatic rings. The molecule has 0 aliphatic heterocycles. The van der Waals surface area contributed by atoms with Gasteiger partial charge in [-0.2, -0.15) is 0 Å². The van der Waals surface area contributed by atoms with Crippen molar-refractivity contribution in [2.75, 3.05) is 19.8 Å². The van der Waals surface area contributed by atoms with E-state index < -0.39 is 18.5 Å². The smallest absolute Gasteiger partial charge is 0.361 e. The number of Topliss-reactive ketones (excluding diaryl/α,β-unsaturated/α-hetero) is 1. The Bertz CT molecular complexity index is 632. The van der Waals surface area contributed by atoms with Gasteiger partial charge in [0.05, 0.1) is 0 Å².